The van der Waals surface area contributed by atoms with Gasteiger partial charge in [-0.05, 0) is 31.4 Å². The number of aryl methyl sites for hydroxylation is 2. The molecule has 0 atom stereocenters. The number of rotatable bonds is 1. The van der Waals surface area contributed by atoms with Crippen LogP contribution in [-0.4, -0.2) is 20.7 Å². The summed E-state index contributed by atoms with van der Waals surface area (Å²) < 4.78 is 0. The molecule has 2 aromatic heterocycles. The summed E-state index contributed by atoms with van der Waals surface area (Å²) in [6.07, 6.45) is 5.77. The fraction of sp³-hybridized carbons (Fsp3) is 0.286. The fourth-order valence-electron chi connectivity index (χ4n) is 2.12. The molecule has 4 nitrogen and oxygen atoms in total. The van der Waals surface area contributed by atoms with Crippen LogP contribution in [0.5, 0.6) is 0 Å². The van der Waals surface area contributed by atoms with Gasteiger partial charge in [0.1, 0.15) is 5.69 Å². The van der Waals surface area contributed by atoms with E-state index in [1.807, 2.05) is 19.1 Å². The molecule has 0 radical (unpaired) electrons. The molecule has 3 rings (SSSR count). The monoisotopic (exact) mass is 239 g/mol. The molecule has 0 N–H and O–H groups in total. The van der Waals surface area contributed by atoms with Crippen molar-refractivity contribution in [3.8, 4) is 11.5 Å². The van der Waals surface area contributed by atoms with Gasteiger partial charge in [0.15, 0.2) is 11.6 Å². The van der Waals surface area contributed by atoms with E-state index >= 15 is 0 Å². The van der Waals surface area contributed by atoms with E-state index in [1.165, 1.54) is 0 Å². The number of fused-ring (bicyclic) bond motifs is 1. The topological polar surface area (TPSA) is 55.7 Å². The molecule has 0 aliphatic heterocycles. The maximum atomic E-state index is 11.7. The van der Waals surface area contributed by atoms with Crippen LogP contribution in [0.4, 0.5) is 0 Å². The van der Waals surface area contributed by atoms with Crippen molar-refractivity contribution >= 4 is 5.78 Å². The summed E-state index contributed by atoms with van der Waals surface area (Å²) in [5, 5.41) is 0. The third-order valence-corrected chi connectivity index (χ3v) is 3.13. The zero-order chi connectivity index (χ0) is 12.5. The molecule has 0 unspecified atom stereocenters. The fourth-order valence-corrected chi connectivity index (χ4v) is 2.12. The number of carbonyl (C=O) groups is 1. The standard InChI is InChI=1S/C14H13N3O/c1-9-5-6-12(15-7-9)14-16-8-10-11(17-14)3-2-4-13(10)18/h5-8H,2-4H2,1H3. The summed E-state index contributed by atoms with van der Waals surface area (Å²) in [5.41, 5.74) is 3.39. The molecule has 0 fully saturated rings. The average molecular weight is 239 g/mol. The van der Waals surface area contributed by atoms with E-state index in [9.17, 15) is 4.79 Å². The van der Waals surface area contributed by atoms with Gasteiger partial charge in [0.2, 0.25) is 0 Å². The largest absolute Gasteiger partial charge is 0.294 e. The van der Waals surface area contributed by atoms with E-state index in [4.69, 9.17) is 0 Å². The molecule has 90 valence electrons. The van der Waals surface area contributed by atoms with Crippen molar-refractivity contribution in [2.75, 3.05) is 0 Å². The van der Waals surface area contributed by atoms with E-state index in [0.717, 1.165) is 29.8 Å². The first kappa shape index (κ1) is 11.0. The van der Waals surface area contributed by atoms with Gasteiger partial charge >= 0.3 is 0 Å². The first-order chi connectivity index (χ1) is 8.74. The summed E-state index contributed by atoms with van der Waals surface area (Å²) >= 11 is 0. The molecule has 0 bridgehead atoms. The third-order valence-electron chi connectivity index (χ3n) is 3.13. The first-order valence-corrected chi connectivity index (χ1v) is 6.06. The molecule has 1 aliphatic carbocycles. The van der Waals surface area contributed by atoms with Crippen LogP contribution in [0.2, 0.25) is 0 Å². The zero-order valence-electron chi connectivity index (χ0n) is 10.2. The number of nitrogens with zero attached hydrogens (tertiary/aromatic N) is 3. The third kappa shape index (κ3) is 1.90. The molecule has 0 aromatic carbocycles. The molecule has 0 spiro atoms. The predicted octanol–water partition coefficient (Wildman–Crippen LogP) is 2.37. The van der Waals surface area contributed by atoms with Crippen LogP contribution in [-0.2, 0) is 6.42 Å². The van der Waals surface area contributed by atoms with Gasteiger partial charge < -0.3 is 0 Å². The summed E-state index contributed by atoms with van der Waals surface area (Å²) in [6, 6.07) is 3.89. The van der Waals surface area contributed by atoms with Gasteiger partial charge in [0, 0.05) is 18.8 Å². The predicted molar refractivity (Wildman–Crippen MR) is 67.3 cm³/mol. The van der Waals surface area contributed by atoms with E-state index < -0.39 is 0 Å². The van der Waals surface area contributed by atoms with Crippen LogP contribution in [0.25, 0.3) is 11.5 Å². The Bertz CT molecular complexity index is 605. The second kappa shape index (κ2) is 4.29. The maximum absolute atomic E-state index is 11.7. The van der Waals surface area contributed by atoms with Crippen molar-refractivity contribution in [2.24, 2.45) is 0 Å². The van der Waals surface area contributed by atoms with Crippen LogP contribution >= 0.6 is 0 Å². The molecular weight excluding hydrogens is 226 g/mol. The Labute approximate surface area is 105 Å². The minimum Gasteiger partial charge on any atom is -0.294 e. The number of ketones is 1. The molecule has 1 aliphatic rings. The minimum atomic E-state index is 0.152. The zero-order valence-corrected chi connectivity index (χ0v) is 10.2. The summed E-state index contributed by atoms with van der Waals surface area (Å²) in [4.78, 5) is 24.7. The van der Waals surface area contributed by atoms with Crippen molar-refractivity contribution < 1.29 is 4.79 Å². The van der Waals surface area contributed by atoms with Gasteiger partial charge in [0.25, 0.3) is 0 Å². The molecule has 0 saturated carbocycles. The Balaban J connectivity index is 2.04. The highest BCUT2D eigenvalue weighted by Crippen LogP contribution is 2.21. The lowest BCUT2D eigenvalue weighted by atomic mass is 9.96. The molecule has 2 aromatic rings. The van der Waals surface area contributed by atoms with E-state index in [1.54, 1.807) is 12.4 Å². The molecular formula is C14H13N3O. The Hall–Kier alpha value is -2.10. The van der Waals surface area contributed by atoms with Crippen LogP contribution < -0.4 is 0 Å². The highest BCUT2D eigenvalue weighted by atomic mass is 16.1. The number of pyridine rings is 1. The maximum Gasteiger partial charge on any atom is 0.178 e. The smallest absolute Gasteiger partial charge is 0.178 e. The van der Waals surface area contributed by atoms with Crippen LogP contribution in [0.15, 0.2) is 24.5 Å². The Morgan fingerprint density at radius 2 is 2.00 bits per heavy atom. The number of aromatic nitrogens is 3. The SMILES string of the molecule is Cc1ccc(-c2ncc3c(n2)CCCC3=O)nc1. The van der Waals surface area contributed by atoms with Crippen LogP contribution in [0.1, 0.15) is 34.5 Å². The average Bonchev–Trinajstić information content (AvgIpc) is 2.39. The second-order valence-electron chi connectivity index (χ2n) is 4.55. The summed E-state index contributed by atoms with van der Waals surface area (Å²) in [6.45, 7) is 1.99. The van der Waals surface area contributed by atoms with E-state index in [0.29, 0.717) is 17.8 Å². The quantitative estimate of drug-likeness (QED) is 0.766. The normalized spacial score (nSPS) is 14.4. The van der Waals surface area contributed by atoms with Crippen LogP contribution in [0.3, 0.4) is 0 Å². The Morgan fingerprint density at radius 3 is 2.78 bits per heavy atom. The van der Waals surface area contributed by atoms with Crippen LogP contribution in [0, 0.1) is 6.92 Å². The lowest BCUT2D eigenvalue weighted by Gasteiger charge is -2.13. The number of carbonyl (C=O) groups excluding carboxylic acids is 1. The lowest BCUT2D eigenvalue weighted by molar-refractivity contribution is 0.0971. The molecule has 2 heterocycles. The van der Waals surface area contributed by atoms with Crippen molar-refractivity contribution in [1.82, 2.24) is 15.0 Å². The van der Waals surface area contributed by atoms with Crippen molar-refractivity contribution in [2.45, 2.75) is 26.2 Å². The van der Waals surface area contributed by atoms with Gasteiger partial charge in [-0.1, -0.05) is 6.07 Å². The first-order valence-electron chi connectivity index (χ1n) is 6.06. The second-order valence-corrected chi connectivity index (χ2v) is 4.55. The minimum absolute atomic E-state index is 0.152. The van der Waals surface area contributed by atoms with Gasteiger partial charge in [-0.3, -0.25) is 9.78 Å². The number of hydrogen-bond donors (Lipinski definition) is 0. The van der Waals surface area contributed by atoms with E-state index in [-0.39, 0.29) is 5.78 Å². The summed E-state index contributed by atoms with van der Waals surface area (Å²) in [5.74, 6) is 0.753. The van der Waals surface area contributed by atoms with E-state index in [2.05, 4.69) is 15.0 Å². The van der Waals surface area contributed by atoms with Crippen molar-refractivity contribution in [1.29, 1.82) is 0 Å². The summed E-state index contributed by atoms with van der Waals surface area (Å²) in [7, 11) is 0. The van der Waals surface area contributed by atoms with Gasteiger partial charge in [-0.2, -0.15) is 0 Å². The van der Waals surface area contributed by atoms with Gasteiger partial charge in [-0.25, -0.2) is 9.97 Å². The van der Waals surface area contributed by atoms with Gasteiger partial charge in [-0.15, -0.1) is 0 Å². The lowest BCUT2D eigenvalue weighted by Crippen LogP contribution is -2.14. The molecule has 0 saturated heterocycles. The van der Waals surface area contributed by atoms with Gasteiger partial charge in [0.05, 0.1) is 11.3 Å². The molecule has 4 heteroatoms. The highest BCUT2D eigenvalue weighted by molar-refractivity contribution is 5.97. The Kier molecular flexibility index (Phi) is 2.63. The van der Waals surface area contributed by atoms with Crippen molar-refractivity contribution in [3.05, 3.63) is 41.3 Å². The molecule has 0 amide bonds. The Morgan fingerprint density at radius 1 is 1.11 bits per heavy atom. The van der Waals surface area contributed by atoms with Crippen molar-refractivity contribution in [3.63, 3.8) is 0 Å². The molecule has 18 heavy (non-hydrogen) atoms. The number of Topliss-reactive ketones (excluding diaryl/α,β-unsaturated/α-hetero) is 1. The highest BCUT2D eigenvalue weighted by Gasteiger charge is 2.19. The number of hydrogen-bond acceptors (Lipinski definition) is 4.